The van der Waals surface area contributed by atoms with Gasteiger partial charge < -0.3 is 20.8 Å². The monoisotopic (exact) mass is 258 g/mol. The molecule has 0 aromatic carbocycles. The van der Waals surface area contributed by atoms with Crippen LogP contribution in [0.25, 0.3) is 0 Å². The van der Waals surface area contributed by atoms with Crippen molar-refractivity contribution in [2.75, 3.05) is 6.54 Å². The third-order valence-corrected chi connectivity index (χ3v) is 3.55. The molecule has 0 saturated heterocycles. The molecule has 0 aliphatic heterocycles. The molecule has 1 aliphatic carbocycles. The fraction of sp³-hybridized carbons (Fsp3) is 0.833. The van der Waals surface area contributed by atoms with E-state index in [0.717, 1.165) is 19.3 Å². The molecule has 18 heavy (non-hydrogen) atoms. The van der Waals surface area contributed by atoms with Crippen LogP contribution in [0.1, 0.15) is 39.5 Å². The Morgan fingerprint density at radius 1 is 1.39 bits per heavy atom. The lowest BCUT2D eigenvalue weighted by molar-refractivity contribution is -0.146. The molecule has 4 N–H and O–H groups in total. The van der Waals surface area contributed by atoms with E-state index < -0.39 is 18.1 Å². The number of aliphatic hydroxyl groups is 1. The van der Waals surface area contributed by atoms with E-state index in [1.807, 2.05) is 0 Å². The molecule has 2 atom stereocenters. The highest BCUT2D eigenvalue weighted by molar-refractivity contribution is 5.76. The van der Waals surface area contributed by atoms with E-state index in [0.29, 0.717) is 0 Å². The molecule has 1 aliphatic rings. The van der Waals surface area contributed by atoms with Gasteiger partial charge in [0.2, 0.25) is 0 Å². The van der Waals surface area contributed by atoms with Crippen molar-refractivity contribution in [1.29, 1.82) is 0 Å². The lowest BCUT2D eigenvalue weighted by Crippen LogP contribution is -2.51. The molecular formula is C12H22N2O4. The number of aliphatic hydroxyl groups excluding tert-OH is 1. The molecule has 0 bridgehead atoms. The molecule has 0 aromatic heterocycles. The summed E-state index contributed by atoms with van der Waals surface area (Å²) in [7, 11) is 0. The number of aliphatic carboxylic acids is 1. The molecule has 0 spiro atoms. The minimum Gasteiger partial charge on any atom is -0.479 e. The number of amides is 2. The molecule has 1 saturated carbocycles. The Morgan fingerprint density at radius 3 is 2.61 bits per heavy atom. The fourth-order valence-electron chi connectivity index (χ4n) is 2.25. The summed E-state index contributed by atoms with van der Waals surface area (Å²) >= 11 is 0. The van der Waals surface area contributed by atoms with Crippen LogP contribution < -0.4 is 10.6 Å². The first-order valence-electron chi connectivity index (χ1n) is 6.28. The van der Waals surface area contributed by atoms with Crippen molar-refractivity contribution in [1.82, 2.24) is 10.6 Å². The van der Waals surface area contributed by atoms with Gasteiger partial charge in [0.25, 0.3) is 0 Å². The Balaban J connectivity index is 2.37. The van der Waals surface area contributed by atoms with Crippen molar-refractivity contribution in [3.8, 4) is 0 Å². The van der Waals surface area contributed by atoms with E-state index in [4.69, 9.17) is 10.2 Å². The van der Waals surface area contributed by atoms with E-state index in [2.05, 4.69) is 24.5 Å². The second-order valence-corrected chi connectivity index (χ2v) is 5.50. The second kappa shape index (κ2) is 6.04. The number of hydrogen-bond donors (Lipinski definition) is 4. The third-order valence-electron chi connectivity index (χ3n) is 3.55. The molecule has 6 nitrogen and oxygen atoms in total. The first kappa shape index (κ1) is 14.8. The summed E-state index contributed by atoms with van der Waals surface area (Å²) in [5.74, 6) is -1.34. The summed E-state index contributed by atoms with van der Waals surface area (Å²) in [5.41, 5.74) is 0.0566. The summed E-state index contributed by atoms with van der Waals surface area (Å²) in [6, 6.07) is -0.330. The van der Waals surface area contributed by atoms with Crippen LogP contribution in [-0.4, -0.2) is 40.9 Å². The van der Waals surface area contributed by atoms with Gasteiger partial charge in [0.05, 0.1) is 6.54 Å². The maximum atomic E-state index is 11.6. The maximum absolute atomic E-state index is 11.6. The Bertz CT molecular complexity index is 317. The second-order valence-electron chi connectivity index (χ2n) is 5.50. The minimum atomic E-state index is -1.56. The van der Waals surface area contributed by atoms with Crippen molar-refractivity contribution in [2.24, 2.45) is 5.41 Å². The maximum Gasteiger partial charge on any atom is 0.334 e. The van der Waals surface area contributed by atoms with Gasteiger partial charge in [-0.25, -0.2) is 9.59 Å². The van der Waals surface area contributed by atoms with Gasteiger partial charge >= 0.3 is 12.0 Å². The summed E-state index contributed by atoms with van der Waals surface area (Å²) in [4.78, 5) is 22.0. The van der Waals surface area contributed by atoms with Crippen LogP contribution in [0, 0.1) is 5.41 Å². The number of carboxylic acids is 1. The van der Waals surface area contributed by atoms with Crippen molar-refractivity contribution in [3.63, 3.8) is 0 Å². The lowest BCUT2D eigenvalue weighted by Gasteiger charge is -2.39. The van der Waals surface area contributed by atoms with Gasteiger partial charge in [-0.2, -0.15) is 0 Å². The predicted molar refractivity (Wildman–Crippen MR) is 66.2 cm³/mol. The zero-order valence-corrected chi connectivity index (χ0v) is 10.9. The average molecular weight is 258 g/mol. The number of nitrogens with one attached hydrogen (secondary N) is 2. The minimum absolute atomic E-state index is 0.0566. The van der Waals surface area contributed by atoms with Crippen LogP contribution in [0.5, 0.6) is 0 Å². The number of hydrogen-bond acceptors (Lipinski definition) is 3. The first-order valence-corrected chi connectivity index (χ1v) is 6.28. The molecule has 2 amide bonds. The SMILES string of the molecule is CC1(C)CCCCC1NC(=O)NC[C@H](O)C(=O)O. The van der Waals surface area contributed by atoms with E-state index in [1.54, 1.807) is 0 Å². The summed E-state index contributed by atoms with van der Waals surface area (Å²) in [6.45, 7) is 3.95. The molecule has 1 rings (SSSR count). The standard InChI is InChI=1S/C12H22N2O4/c1-12(2)6-4-3-5-9(12)14-11(18)13-7-8(15)10(16)17/h8-9,15H,3-7H2,1-2H3,(H,16,17)(H2,13,14,18)/t8-,9?/m0/s1. The van der Waals surface area contributed by atoms with Gasteiger partial charge in [0.1, 0.15) is 0 Å². The van der Waals surface area contributed by atoms with Gasteiger partial charge in [-0.3, -0.25) is 0 Å². The molecule has 0 aromatic rings. The van der Waals surface area contributed by atoms with Gasteiger partial charge in [0, 0.05) is 6.04 Å². The van der Waals surface area contributed by atoms with Crippen molar-refractivity contribution in [3.05, 3.63) is 0 Å². The van der Waals surface area contributed by atoms with Crippen LogP contribution >= 0.6 is 0 Å². The summed E-state index contributed by atoms with van der Waals surface area (Å²) in [5, 5.41) is 22.7. The molecule has 0 heterocycles. The van der Waals surface area contributed by atoms with Crippen LogP contribution in [0.15, 0.2) is 0 Å². The molecule has 1 unspecified atom stereocenters. The fourth-order valence-corrected chi connectivity index (χ4v) is 2.25. The number of carbonyl (C=O) groups excluding carboxylic acids is 1. The van der Waals surface area contributed by atoms with E-state index >= 15 is 0 Å². The predicted octanol–water partition coefficient (Wildman–Crippen LogP) is 0.700. The number of urea groups is 1. The smallest absolute Gasteiger partial charge is 0.334 e. The first-order chi connectivity index (χ1) is 8.33. The van der Waals surface area contributed by atoms with Crippen LogP contribution in [0.3, 0.4) is 0 Å². The van der Waals surface area contributed by atoms with Crippen molar-refractivity contribution < 1.29 is 19.8 Å². The molecule has 104 valence electrons. The van der Waals surface area contributed by atoms with E-state index in [9.17, 15) is 9.59 Å². The highest BCUT2D eigenvalue weighted by atomic mass is 16.4. The van der Waals surface area contributed by atoms with E-state index in [1.165, 1.54) is 6.42 Å². The number of carboxylic acid groups (broad SMARTS) is 1. The van der Waals surface area contributed by atoms with Crippen LogP contribution in [0.2, 0.25) is 0 Å². The molecule has 0 radical (unpaired) electrons. The zero-order chi connectivity index (χ0) is 13.8. The van der Waals surface area contributed by atoms with Gasteiger partial charge in [0.15, 0.2) is 6.10 Å². The Kier molecular flexibility index (Phi) is 4.95. The zero-order valence-electron chi connectivity index (χ0n) is 10.9. The molecular weight excluding hydrogens is 236 g/mol. The van der Waals surface area contributed by atoms with Crippen LogP contribution in [0.4, 0.5) is 4.79 Å². The highest BCUT2D eigenvalue weighted by Crippen LogP contribution is 2.35. The summed E-state index contributed by atoms with van der Waals surface area (Å²) < 4.78 is 0. The van der Waals surface area contributed by atoms with Crippen molar-refractivity contribution in [2.45, 2.75) is 51.7 Å². The van der Waals surface area contributed by atoms with Crippen molar-refractivity contribution >= 4 is 12.0 Å². The molecule has 1 fully saturated rings. The van der Waals surface area contributed by atoms with Gasteiger partial charge in [-0.15, -0.1) is 0 Å². The number of carbonyl (C=O) groups is 2. The van der Waals surface area contributed by atoms with Crippen LogP contribution in [-0.2, 0) is 4.79 Å². The number of rotatable bonds is 4. The Morgan fingerprint density at radius 2 is 2.06 bits per heavy atom. The third kappa shape index (κ3) is 4.18. The largest absolute Gasteiger partial charge is 0.479 e. The topological polar surface area (TPSA) is 98.7 Å². The van der Waals surface area contributed by atoms with E-state index in [-0.39, 0.29) is 18.0 Å². The highest BCUT2D eigenvalue weighted by Gasteiger charge is 2.33. The summed E-state index contributed by atoms with van der Waals surface area (Å²) in [6.07, 6.45) is 2.70. The average Bonchev–Trinajstić information content (AvgIpc) is 2.28. The molecule has 6 heteroatoms. The Labute approximate surface area is 107 Å². The Hall–Kier alpha value is -1.30. The normalized spacial score (nSPS) is 24.1. The van der Waals surface area contributed by atoms with Gasteiger partial charge in [-0.1, -0.05) is 26.7 Å². The lowest BCUT2D eigenvalue weighted by atomic mass is 9.73. The quantitative estimate of drug-likeness (QED) is 0.596. The van der Waals surface area contributed by atoms with Gasteiger partial charge in [-0.05, 0) is 18.3 Å².